The van der Waals surface area contributed by atoms with Crippen molar-refractivity contribution in [3.8, 4) is 0 Å². The van der Waals surface area contributed by atoms with Gasteiger partial charge in [0.05, 0.1) is 18.2 Å². The maximum Gasteiger partial charge on any atom is 0.0675 e. The Morgan fingerprint density at radius 3 is 2.94 bits per heavy atom. The van der Waals surface area contributed by atoms with E-state index in [4.69, 9.17) is 10.5 Å². The largest absolute Gasteiger partial charge is 0.376 e. The summed E-state index contributed by atoms with van der Waals surface area (Å²) in [4.78, 5) is 5.34. The van der Waals surface area contributed by atoms with Gasteiger partial charge in [-0.2, -0.15) is 0 Å². The van der Waals surface area contributed by atoms with Crippen LogP contribution in [0.2, 0.25) is 0 Å². The molecule has 4 heteroatoms. The van der Waals surface area contributed by atoms with Crippen LogP contribution in [0, 0.1) is 0 Å². The summed E-state index contributed by atoms with van der Waals surface area (Å²) in [7, 11) is 0. The molecule has 4 nitrogen and oxygen atoms in total. The highest BCUT2D eigenvalue weighted by Crippen LogP contribution is 2.41. The fourth-order valence-corrected chi connectivity index (χ4v) is 4.42. The van der Waals surface area contributed by atoms with Crippen molar-refractivity contribution in [2.75, 3.05) is 32.8 Å². The molecule has 3 heterocycles. The summed E-state index contributed by atoms with van der Waals surface area (Å²) in [5.74, 6) is 0. The van der Waals surface area contributed by atoms with Gasteiger partial charge in [-0.15, -0.1) is 0 Å². The van der Waals surface area contributed by atoms with E-state index in [0.717, 1.165) is 19.7 Å². The lowest BCUT2D eigenvalue weighted by molar-refractivity contribution is -0.0982. The normalized spacial score (nSPS) is 46.5. The van der Waals surface area contributed by atoms with Crippen LogP contribution in [-0.4, -0.2) is 66.3 Å². The molecule has 2 N–H and O–H groups in total. The maximum absolute atomic E-state index is 6.25. The predicted octanol–water partition coefficient (Wildman–Crippen LogP) is 0.661. The van der Waals surface area contributed by atoms with E-state index < -0.39 is 0 Å². The number of fused-ring (bicyclic) bond motifs is 1. The summed E-state index contributed by atoms with van der Waals surface area (Å²) in [6.45, 7) is 9.69. The van der Waals surface area contributed by atoms with Crippen molar-refractivity contribution in [1.29, 1.82) is 0 Å². The van der Waals surface area contributed by atoms with E-state index in [1.165, 1.54) is 32.4 Å². The summed E-state index contributed by atoms with van der Waals surface area (Å²) in [6, 6.07) is 1.19. The first-order valence-corrected chi connectivity index (χ1v) is 7.50. The van der Waals surface area contributed by atoms with E-state index in [1.807, 2.05) is 0 Å². The molecule has 3 rings (SSSR count). The second-order valence-electron chi connectivity index (χ2n) is 6.40. The highest BCUT2D eigenvalue weighted by atomic mass is 16.5. The summed E-state index contributed by atoms with van der Waals surface area (Å²) in [5.41, 5.74) is 6.47. The van der Waals surface area contributed by atoms with Crippen molar-refractivity contribution in [2.24, 2.45) is 5.73 Å². The zero-order chi connectivity index (χ0) is 12.8. The summed E-state index contributed by atoms with van der Waals surface area (Å²) >= 11 is 0. The SMILES string of the molecule is CC1CN(C2(CN)CCN3CCCC32)C(C)CO1. The highest BCUT2D eigenvalue weighted by Gasteiger charge is 2.53. The van der Waals surface area contributed by atoms with Gasteiger partial charge in [-0.25, -0.2) is 0 Å². The van der Waals surface area contributed by atoms with Gasteiger partial charge in [0.15, 0.2) is 0 Å². The third kappa shape index (κ3) is 1.82. The lowest BCUT2D eigenvalue weighted by Gasteiger charge is -2.50. The molecule has 0 aliphatic carbocycles. The zero-order valence-corrected chi connectivity index (χ0v) is 11.8. The van der Waals surface area contributed by atoms with Gasteiger partial charge < -0.3 is 10.5 Å². The first kappa shape index (κ1) is 12.9. The molecule has 0 saturated carbocycles. The molecule has 3 aliphatic rings. The first-order chi connectivity index (χ1) is 8.67. The van der Waals surface area contributed by atoms with E-state index in [9.17, 15) is 0 Å². The number of nitrogens with two attached hydrogens (primary N) is 1. The van der Waals surface area contributed by atoms with Crippen LogP contribution in [0.5, 0.6) is 0 Å². The monoisotopic (exact) mass is 253 g/mol. The molecule has 0 radical (unpaired) electrons. The van der Waals surface area contributed by atoms with E-state index >= 15 is 0 Å². The molecule has 0 amide bonds. The Morgan fingerprint density at radius 1 is 1.33 bits per heavy atom. The lowest BCUT2D eigenvalue weighted by atomic mass is 9.84. The van der Waals surface area contributed by atoms with Crippen molar-refractivity contribution >= 4 is 0 Å². The standard InChI is InChI=1S/C14H27N3O/c1-11-9-18-12(2)8-17(11)14(10-15)5-7-16-6-3-4-13(14)16/h11-13H,3-10,15H2,1-2H3. The van der Waals surface area contributed by atoms with E-state index in [-0.39, 0.29) is 5.54 Å². The number of hydrogen-bond acceptors (Lipinski definition) is 4. The predicted molar refractivity (Wildman–Crippen MR) is 72.6 cm³/mol. The van der Waals surface area contributed by atoms with Gasteiger partial charge in [-0.1, -0.05) is 0 Å². The Hall–Kier alpha value is -0.160. The summed E-state index contributed by atoms with van der Waals surface area (Å²) in [5, 5.41) is 0. The van der Waals surface area contributed by atoms with Gasteiger partial charge >= 0.3 is 0 Å². The summed E-state index contributed by atoms with van der Waals surface area (Å²) in [6.07, 6.45) is 4.27. The average Bonchev–Trinajstić information content (AvgIpc) is 2.94. The molecule has 0 aromatic carbocycles. The molecule has 3 aliphatic heterocycles. The van der Waals surface area contributed by atoms with Crippen molar-refractivity contribution in [1.82, 2.24) is 9.80 Å². The van der Waals surface area contributed by atoms with Crippen molar-refractivity contribution in [3.05, 3.63) is 0 Å². The van der Waals surface area contributed by atoms with Crippen LogP contribution >= 0.6 is 0 Å². The van der Waals surface area contributed by atoms with Crippen molar-refractivity contribution < 1.29 is 4.74 Å². The zero-order valence-electron chi connectivity index (χ0n) is 11.8. The van der Waals surface area contributed by atoms with Crippen LogP contribution in [0.4, 0.5) is 0 Å². The maximum atomic E-state index is 6.25. The molecule has 18 heavy (non-hydrogen) atoms. The van der Waals surface area contributed by atoms with Crippen LogP contribution in [0.25, 0.3) is 0 Å². The first-order valence-electron chi connectivity index (χ1n) is 7.50. The number of hydrogen-bond donors (Lipinski definition) is 1. The van der Waals surface area contributed by atoms with E-state index in [2.05, 4.69) is 23.6 Å². The smallest absolute Gasteiger partial charge is 0.0675 e. The van der Waals surface area contributed by atoms with E-state index in [0.29, 0.717) is 18.2 Å². The molecule has 4 atom stereocenters. The number of nitrogens with zero attached hydrogens (tertiary/aromatic N) is 2. The second kappa shape index (κ2) is 4.75. The molecular formula is C14H27N3O. The molecule has 0 aromatic heterocycles. The quantitative estimate of drug-likeness (QED) is 0.785. The van der Waals surface area contributed by atoms with Crippen LogP contribution < -0.4 is 5.73 Å². The Kier molecular flexibility index (Phi) is 3.39. The van der Waals surface area contributed by atoms with Crippen LogP contribution in [0.15, 0.2) is 0 Å². The Bertz CT molecular complexity index is 311. The third-order valence-corrected chi connectivity index (χ3v) is 5.35. The Balaban J connectivity index is 1.86. The van der Waals surface area contributed by atoms with Crippen LogP contribution in [0.1, 0.15) is 33.1 Å². The van der Waals surface area contributed by atoms with Gasteiger partial charge in [0.1, 0.15) is 0 Å². The number of morpholine rings is 1. The van der Waals surface area contributed by atoms with Crippen molar-refractivity contribution in [3.63, 3.8) is 0 Å². The number of rotatable bonds is 2. The highest BCUT2D eigenvalue weighted by molar-refractivity contribution is 5.11. The molecule has 3 saturated heterocycles. The lowest BCUT2D eigenvalue weighted by Crippen LogP contribution is -2.66. The minimum Gasteiger partial charge on any atom is -0.376 e. The third-order valence-electron chi connectivity index (χ3n) is 5.35. The fourth-order valence-electron chi connectivity index (χ4n) is 4.42. The molecule has 3 fully saturated rings. The minimum absolute atomic E-state index is 0.216. The molecular weight excluding hydrogens is 226 g/mol. The van der Waals surface area contributed by atoms with Crippen molar-refractivity contribution in [2.45, 2.75) is 56.8 Å². The number of ether oxygens (including phenoxy) is 1. The molecule has 0 spiro atoms. The van der Waals surface area contributed by atoms with Gasteiger partial charge in [-0.3, -0.25) is 9.80 Å². The molecule has 4 unspecified atom stereocenters. The second-order valence-corrected chi connectivity index (χ2v) is 6.40. The Labute approximate surface area is 110 Å². The van der Waals surface area contributed by atoms with Gasteiger partial charge in [0, 0.05) is 31.7 Å². The van der Waals surface area contributed by atoms with Crippen LogP contribution in [0.3, 0.4) is 0 Å². The minimum atomic E-state index is 0.216. The molecule has 104 valence electrons. The molecule has 0 aromatic rings. The topological polar surface area (TPSA) is 41.7 Å². The average molecular weight is 253 g/mol. The van der Waals surface area contributed by atoms with E-state index in [1.54, 1.807) is 0 Å². The van der Waals surface area contributed by atoms with Gasteiger partial charge in [-0.05, 0) is 39.7 Å². The van der Waals surface area contributed by atoms with Gasteiger partial charge in [0.2, 0.25) is 0 Å². The summed E-state index contributed by atoms with van der Waals surface area (Å²) < 4.78 is 5.78. The van der Waals surface area contributed by atoms with Crippen LogP contribution in [-0.2, 0) is 4.74 Å². The fraction of sp³-hybridized carbons (Fsp3) is 1.00. The molecule has 0 bridgehead atoms. The van der Waals surface area contributed by atoms with Gasteiger partial charge in [0.25, 0.3) is 0 Å². The Morgan fingerprint density at radius 2 is 2.17 bits per heavy atom.